The molecule has 3 aromatic carbocycles. The average molecular weight is 311 g/mol. The Kier molecular flexibility index (Phi) is 3.04. The highest BCUT2D eigenvalue weighted by atomic mass is 32.1. The predicted molar refractivity (Wildman–Crippen MR) is 86.2 cm³/mol. The lowest BCUT2D eigenvalue weighted by Gasteiger charge is -2.12. The summed E-state index contributed by atoms with van der Waals surface area (Å²) in [5.41, 5.74) is 4.78. The second kappa shape index (κ2) is 4.79. The van der Waals surface area contributed by atoms with Crippen LogP contribution in [0.3, 0.4) is 0 Å². The van der Waals surface area contributed by atoms with Crippen molar-refractivity contribution < 1.29 is 10.0 Å². The highest BCUT2D eigenvalue weighted by Gasteiger charge is 2.27. The van der Waals surface area contributed by atoms with Gasteiger partial charge in [0.05, 0.1) is 10.3 Å². The molecule has 6 nitrogen and oxygen atoms in total. The Balaban J connectivity index is 2.69. The predicted octanol–water partition coefficient (Wildman–Crippen LogP) is 3.35. The number of aromatic hydroxyl groups is 1. The number of phenolic OH excluding ortho intramolecular Hbond substituents is 1. The normalized spacial score (nSPS) is 10.7. The smallest absolute Gasteiger partial charge is 0.311 e. The minimum Gasteiger partial charge on any atom is -0.507 e. The van der Waals surface area contributed by atoms with Crippen LogP contribution in [-0.2, 0) is 0 Å². The van der Waals surface area contributed by atoms with E-state index in [1.807, 2.05) is 0 Å². The summed E-state index contributed by atoms with van der Waals surface area (Å²) in [5, 5.41) is 32.8. The van der Waals surface area contributed by atoms with Crippen molar-refractivity contribution >= 4 is 45.5 Å². The molecular weight excluding hydrogens is 302 g/mol. The Morgan fingerprint density at radius 2 is 2.00 bits per heavy atom. The van der Waals surface area contributed by atoms with E-state index in [0.29, 0.717) is 10.8 Å². The van der Waals surface area contributed by atoms with Gasteiger partial charge in [-0.1, -0.05) is 24.3 Å². The molecule has 0 amide bonds. The lowest BCUT2D eigenvalue weighted by molar-refractivity contribution is -0.384. The van der Waals surface area contributed by atoms with E-state index in [4.69, 9.17) is 5.73 Å². The summed E-state index contributed by atoms with van der Waals surface area (Å²) in [6.45, 7) is 0. The number of benzene rings is 3. The van der Waals surface area contributed by atoms with E-state index in [9.17, 15) is 20.5 Å². The zero-order valence-corrected chi connectivity index (χ0v) is 12.0. The number of hydrogen-bond acceptors (Lipinski definition) is 6. The van der Waals surface area contributed by atoms with Crippen LogP contribution < -0.4 is 5.73 Å². The van der Waals surface area contributed by atoms with Gasteiger partial charge in [0.2, 0.25) is 0 Å². The molecule has 3 N–H and O–H groups in total. The summed E-state index contributed by atoms with van der Waals surface area (Å²) in [7, 11) is 0. The second-order valence-electron chi connectivity index (χ2n) is 4.72. The number of nitrogens with zero attached hydrogens (tertiary/aromatic N) is 2. The topological polar surface area (TPSA) is 113 Å². The Bertz CT molecular complexity index is 1010. The number of nitrogens with two attached hydrogens (primary N) is 1. The van der Waals surface area contributed by atoms with E-state index < -0.39 is 10.6 Å². The van der Waals surface area contributed by atoms with Crippen LogP contribution in [0.15, 0.2) is 35.2 Å². The van der Waals surface area contributed by atoms with E-state index in [1.54, 1.807) is 36.4 Å². The van der Waals surface area contributed by atoms with Gasteiger partial charge in [-0.3, -0.25) is 10.1 Å². The molecule has 22 heavy (non-hydrogen) atoms. The molecule has 0 spiro atoms. The summed E-state index contributed by atoms with van der Waals surface area (Å²) >= 11 is 4.24. The minimum atomic E-state index is -0.734. The summed E-state index contributed by atoms with van der Waals surface area (Å²) < 4.78 is 0. The van der Waals surface area contributed by atoms with Crippen molar-refractivity contribution in [2.45, 2.75) is 4.90 Å². The molecule has 0 aromatic heterocycles. The fourth-order valence-corrected chi connectivity index (χ4v) is 2.86. The number of nitriles is 1. The summed E-state index contributed by atoms with van der Waals surface area (Å²) in [6, 6.07) is 10.5. The van der Waals surface area contributed by atoms with Gasteiger partial charge in [0.25, 0.3) is 0 Å². The maximum absolute atomic E-state index is 11.2. The van der Waals surface area contributed by atoms with Gasteiger partial charge in [-0.15, -0.1) is 12.6 Å². The number of rotatable bonds is 1. The Labute approximate surface area is 129 Å². The van der Waals surface area contributed by atoms with Crippen LogP contribution in [0.25, 0.3) is 21.5 Å². The molecule has 0 radical (unpaired) electrons. The second-order valence-corrected chi connectivity index (χ2v) is 5.17. The van der Waals surface area contributed by atoms with E-state index in [0.717, 1.165) is 5.39 Å². The largest absolute Gasteiger partial charge is 0.507 e. The van der Waals surface area contributed by atoms with Crippen LogP contribution in [0, 0.1) is 21.4 Å². The molecule has 3 rings (SSSR count). The van der Waals surface area contributed by atoms with Gasteiger partial charge in [-0.05, 0) is 11.5 Å². The van der Waals surface area contributed by atoms with Crippen molar-refractivity contribution in [3.05, 3.63) is 46.0 Å². The third kappa shape index (κ3) is 1.75. The maximum Gasteiger partial charge on any atom is 0.311 e. The zero-order chi connectivity index (χ0) is 16.0. The lowest BCUT2D eigenvalue weighted by Crippen LogP contribution is -2.01. The van der Waals surface area contributed by atoms with E-state index in [1.165, 1.54) is 0 Å². The van der Waals surface area contributed by atoms with Crippen molar-refractivity contribution in [1.82, 2.24) is 0 Å². The average Bonchev–Trinajstić information content (AvgIpc) is 2.50. The molecule has 0 unspecified atom stereocenters. The molecule has 0 heterocycles. The fourth-order valence-electron chi connectivity index (χ4n) is 2.58. The quantitative estimate of drug-likeness (QED) is 0.210. The molecule has 0 bridgehead atoms. The van der Waals surface area contributed by atoms with Gasteiger partial charge in [-0.25, -0.2) is 0 Å². The first-order chi connectivity index (χ1) is 10.5. The van der Waals surface area contributed by atoms with E-state index in [-0.39, 0.29) is 27.3 Å². The number of nitrogen functional groups attached to an aromatic ring is 1. The zero-order valence-electron chi connectivity index (χ0n) is 11.1. The Morgan fingerprint density at radius 1 is 1.32 bits per heavy atom. The number of nitro groups is 1. The van der Waals surface area contributed by atoms with Crippen molar-refractivity contribution in [2.24, 2.45) is 0 Å². The van der Waals surface area contributed by atoms with Crippen molar-refractivity contribution in [3.8, 4) is 11.8 Å². The van der Waals surface area contributed by atoms with Gasteiger partial charge in [0.15, 0.2) is 0 Å². The van der Waals surface area contributed by atoms with Gasteiger partial charge in [0.1, 0.15) is 23.1 Å². The number of phenols is 1. The first-order valence-corrected chi connectivity index (χ1v) is 6.65. The Morgan fingerprint density at radius 3 is 2.64 bits per heavy atom. The van der Waals surface area contributed by atoms with Crippen molar-refractivity contribution in [1.29, 1.82) is 5.26 Å². The standard InChI is InChI=1S/C15H9N3O3S/c16-6-10-11-9(15(22)12(17)13(10)18(20)21)5-7-3-1-2-4-8(7)14(11)19/h1-5,19,22H,17H2. The highest BCUT2D eigenvalue weighted by molar-refractivity contribution is 7.80. The monoisotopic (exact) mass is 311 g/mol. The fraction of sp³-hybridized carbons (Fsp3) is 0. The molecule has 0 aliphatic heterocycles. The first kappa shape index (κ1) is 14.0. The third-order valence-corrected chi connectivity index (χ3v) is 4.05. The number of anilines is 1. The number of thiol groups is 1. The number of fused-ring (bicyclic) bond motifs is 2. The van der Waals surface area contributed by atoms with Gasteiger partial charge < -0.3 is 10.8 Å². The lowest BCUT2D eigenvalue weighted by atomic mass is 9.96. The number of hydrogen-bond donors (Lipinski definition) is 3. The van der Waals surface area contributed by atoms with Gasteiger partial charge >= 0.3 is 5.69 Å². The van der Waals surface area contributed by atoms with E-state index >= 15 is 0 Å². The molecule has 3 aromatic rings. The van der Waals surface area contributed by atoms with Crippen LogP contribution in [0.4, 0.5) is 11.4 Å². The molecule has 108 valence electrons. The van der Waals surface area contributed by atoms with Crippen LogP contribution in [-0.4, -0.2) is 10.0 Å². The molecule has 7 heteroatoms. The van der Waals surface area contributed by atoms with Crippen LogP contribution >= 0.6 is 12.6 Å². The summed E-state index contributed by atoms with van der Waals surface area (Å²) in [4.78, 5) is 10.7. The molecule has 0 aliphatic carbocycles. The van der Waals surface area contributed by atoms with E-state index in [2.05, 4.69) is 12.6 Å². The first-order valence-electron chi connectivity index (χ1n) is 6.20. The molecule has 0 saturated heterocycles. The van der Waals surface area contributed by atoms with Crippen molar-refractivity contribution in [3.63, 3.8) is 0 Å². The van der Waals surface area contributed by atoms with Crippen molar-refractivity contribution in [2.75, 3.05) is 5.73 Å². The van der Waals surface area contributed by atoms with Crippen LogP contribution in [0.2, 0.25) is 0 Å². The van der Waals surface area contributed by atoms with Gasteiger partial charge in [-0.2, -0.15) is 5.26 Å². The summed E-state index contributed by atoms with van der Waals surface area (Å²) in [6.07, 6.45) is 0. The minimum absolute atomic E-state index is 0.0899. The Hall–Kier alpha value is -2.98. The molecule has 0 fully saturated rings. The maximum atomic E-state index is 11.2. The number of nitro benzene ring substituents is 1. The van der Waals surface area contributed by atoms with Crippen LogP contribution in [0.5, 0.6) is 5.75 Å². The molecule has 0 aliphatic rings. The summed E-state index contributed by atoms with van der Waals surface area (Å²) in [5.74, 6) is -0.192. The highest BCUT2D eigenvalue weighted by Crippen LogP contribution is 2.45. The van der Waals surface area contributed by atoms with Gasteiger partial charge in [0, 0.05) is 15.7 Å². The molecule has 0 atom stereocenters. The molecular formula is C15H9N3O3S. The molecule has 0 saturated carbocycles. The third-order valence-electron chi connectivity index (χ3n) is 3.57. The SMILES string of the molecule is N#Cc1c([N+](=O)[O-])c(N)c(S)c2cc3ccccc3c(O)c12. The van der Waals surface area contributed by atoms with Crippen LogP contribution in [0.1, 0.15) is 5.56 Å².